The van der Waals surface area contributed by atoms with E-state index < -0.39 is 9.84 Å². The first kappa shape index (κ1) is 14.5. The van der Waals surface area contributed by atoms with Gasteiger partial charge in [0.05, 0.1) is 11.0 Å². The van der Waals surface area contributed by atoms with Crippen LogP contribution < -0.4 is 0 Å². The van der Waals surface area contributed by atoms with Crippen LogP contribution in [0.5, 0.6) is 0 Å². The van der Waals surface area contributed by atoms with Crippen LogP contribution in [0.15, 0.2) is 0 Å². The van der Waals surface area contributed by atoms with Gasteiger partial charge < -0.3 is 0 Å². The minimum Gasteiger partial charge on any atom is -0.229 e. The van der Waals surface area contributed by atoms with E-state index in [4.69, 9.17) is 0 Å². The number of rotatable bonds is 5. The van der Waals surface area contributed by atoms with E-state index in [9.17, 15) is 8.42 Å². The lowest BCUT2D eigenvalue weighted by Crippen LogP contribution is -2.37. The highest BCUT2D eigenvalue weighted by Crippen LogP contribution is 2.39. The molecule has 0 aromatic heterocycles. The van der Waals surface area contributed by atoms with Gasteiger partial charge in [-0.25, -0.2) is 8.42 Å². The van der Waals surface area contributed by atoms with Crippen LogP contribution >= 0.6 is 15.9 Å². The van der Waals surface area contributed by atoms with Gasteiger partial charge in [-0.15, -0.1) is 0 Å². The summed E-state index contributed by atoms with van der Waals surface area (Å²) in [6.07, 6.45) is 6.48. The molecule has 1 unspecified atom stereocenters. The second-order valence-corrected chi connectivity index (χ2v) is 8.20. The van der Waals surface area contributed by atoms with Crippen molar-refractivity contribution in [2.45, 2.75) is 57.6 Å². The quantitative estimate of drug-likeness (QED) is 0.728. The van der Waals surface area contributed by atoms with Gasteiger partial charge >= 0.3 is 0 Å². The molecule has 0 heterocycles. The zero-order valence-corrected chi connectivity index (χ0v) is 12.7. The molecule has 0 radical (unpaired) electrons. The van der Waals surface area contributed by atoms with Crippen LogP contribution in [0.1, 0.15) is 52.4 Å². The normalized spacial score (nSPS) is 22.9. The molecule has 1 saturated carbocycles. The zero-order chi connectivity index (χ0) is 12.2. The van der Waals surface area contributed by atoms with E-state index in [2.05, 4.69) is 15.9 Å². The molecule has 0 amide bonds. The van der Waals surface area contributed by atoms with E-state index in [1.165, 1.54) is 19.3 Å². The second-order valence-electron chi connectivity index (χ2n) is 5.22. The van der Waals surface area contributed by atoms with E-state index in [0.29, 0.717) is 5.75 Å². The highest BCUT2D eigenvalue weighted by molar-refractivity contribution is 9.09. The Morgan fingerprint density at radius 3 is 2.25 bits per heavy atom. The Hall–Kier alpha value is 0.430. The third-order valence-electron chi connectivity index (χ3n) is 3.89. The van der Waals surface area contributed by atoms with Crippen molar-refractivity contribution in [3.05, 3.63) is 0 Å². The number of hydrogen-bond donors (Lipinski definition) is 0. The van der Waals surface area contributed by atoms with Crippen LogP contribution in [0.2, 0.25) is 0 Å². The number of halogens is 1. The van der Waals surface area contributed by atoms with Crippen LogP contribution in [0.4, 0.5) is 0 Å². The smallest absolute Gasteiger partial charge is 0.153 e. The van der Waals surface area contributed by atoms with Crippen molar-refractivity contribution in [2.75, 3.05) is 11.1 Å². The van der Waals surface area contributed by atoms with E-state index in [-0.39, 0.29) is 10.7 Å². The molecule has 96 valence electrons. The lowest BCUT2D eigenvalue weighted by molar-refractivity contribution is 0.255. The fourth-order valence-electron chi connectivity index (χ4n) is 2.44. The number of alkyl halides is 1. The first-order chi connectivity index (χ1) is 7.46. The van der Waals surface area contributed by atoms with Crippen LogP contribution in [-0.2, 0) is 9.84 Å². The van der Waals surface area contributed by atoms with Crippen molar-refractivity contribution in [2.24, 2.45) is 5.41 Å². The minimum absolute atomic E-state index is 0.0144. The van der Waals surface area contributed by atoms with Crippen molar-refractivity contribution < 1.29 is 8.42 Å². The van der Waals surface area contributed by atoms with Crippen molar-refractivity contribution in [3.8, 4) is 0 Å². The molecule has 1 aliphatic rings. The Kier molecular flexibility index (Phi) is 5.30. The molecule has 0 saturated heterocycles. The molecule has 1 fully saturated rings. The molecule has 0 N–H and O–H groups in total. The van der Waals surface area contributed by atoms with E-state index in [0.717, 1.165) is 24.6 Å². The predicted octanol–water partition coefficient (Wildman–Crippen LogP) is 3.55. The average Bonchev–Trinajstić information content (AvgIpc) is 2.28. The average molecular weight is 311 g/mol. The zero-order valence-electron chi connectivity index (χ0n) is 10.3. The minimum atomic E-state index is -2.91. The molecule has 0 spiro atoms. The van der Waals surface area contributed by atoms with Gasteiger partial charge in [-0.3, -0.25) is 0 Å². The first-order valence-electron chi connectivity index (χ1n) is 6.23. The van der Waals surface area contributed by atoms with Crippen LogP contribution in [-0.4, -0.2) is 24.8 Å². The molecule has 16 heavy (non-hydrogen) atoms. The highest BCUT2D eigenvalue weighted by Gasteiger charge is 2.37. The van der Waals surface area contributed by atoms with Gasteiger partial charge in [-0.2, -0.15) is 0 Å². The topological polar surface area (TPSA) is 34.1 Å². The Balaban J connectivity index is 2.76. The maximum atomic E-state index is 12.2. The van der Waals surface area contributed by atoms with Gasteiger partial charge in [0.1, 0.15) is 0 Å². The van der Waals surface area contributed by atoms with Crippen molar-refractivity contribution in [1.29, 1.82) is 0 Å². The van der Waals surface area contributed by atoms with Gasteiger partial charge in [0.25, 0.3) is 0 Å². The van der Waals surface area contributed by atoms with Crippen LogP contribution in [0.25, 0.3) is 0 Å². The summed E-state index contributed by atoms with van der Waals surface area (Å²) < 4.78 is 24.3. The maximum Gasteiger partial charge on any atom is 0.153 e. The van der Waals surface area contributed by atoms with E-state index in [1.54, 1.807) is 0 Å². The molecular formula is C12H23BrO2S. The van der Waals surface area contributed by atoms with Crippen molar-refractivity contribution in [1.82, 2.24) is 0 Å². The number of hydrogen-bond acceptors (Lipinski definition) is 2. The van der Waals surface area contributed by atoms with Gasteiger partial charge in [0, 0.05) is 5.33 Å². The van der Waals surface area contributed by atoms with E-state index in [1.807, 2.05) is 13.8 Å². The molecule has 0 aliphatic heterocycles. The summed E-state index contributed by atoms with van der Waals surface area (Å²) in [5, 5.41) is 0.640. The Labute approximate surface area is 108 Å². The van der Waals surface area contributed by atoms with Crippen LogP contribution in [0, 0.1) is 5.41 Å². The van der Waals surface area contributed by atoms with Gasteiger partial charge in [0.2, 0.25) is 0 Å². The third kappa shape index (κ3) is 3.46. The summed E-state index contributed by atoms with van der Waals surface area (Å²) in [6.45, 7) is 3.78. The standard InChI is InChI=1S/C12H23BrO2S/c1-3-11(2)16(14,15)10-12(9-13)7-5-4-6-8-12/h11H,3-10H2,1-2H3. The van der Waals surface area contributed by atoms with Crippen LogP contribution in [0.3, 0.4) is 0 Å². The predicted molar refractivity (Wildman–Crippen MR) is 72.9 cm³/mol. The molecule has 0 aromatic rings. The lowest BCUT2D eigenvalue weighted by atomic mass is 9.77. The SMILES string of the molecule is CCC(C)S(=O)(=O)CC1(CBr)CCCCC1. The Morgan fingerprint density at radius 1 is 1.25 bits per heavy atom. The largest absolute Gasteiger partial charge is 0.229 e. The van der Waals surface area contributed by atoms with E-state index >= 15 is 0 Å². The molecule has 4 heteroatoms. The number of sulfone groups is 1. The molecule has 0 bridgehead atoms. The van der Waals surface area contributed by atoms with Gasteiger partial charge in [0.15, 0.2) is 9.84 Å². The summed E-state index contributed by atoms with van der Waals surface area (Å²) in [5.74, 6) is 0.375. The summed E-state index contributed by atoms with van der Waals surface area (Å²) in [6, 6.07) is 0. The van der Waals surface area contributed by atoms with Gasteiger partial charge in [-0.1, -0.05) is 42.1 Å². The lowest BCUT2D eigenvalue weighted by Gasteiger charge is -2.36. The molecule has 0 aromatic carbocycles. The first-order valence-corrected chi connectivity index (χ1v) is 9.07. The van der Waals surface area contributed by atoms with Gasteiger partial charge in [-0.05, 0) is 31.6 Å². The molecule has 1 atom stereocenters. The molecule has 1 rings (SSSR count). The molecule has 1 aliphatic carbocycles. The molecule has 2 nitrogen and oxygen atoms in total. The van der Waals surface area contributed by atoms with Crippen molar-refractivity contribution >= 4 is 25.8 Å². The Morgan fingerprint density at radius 2 is 1.81 bits per heavy atom. The highest BCUT2D eigenvalue weighted by atomic mass is 79.9. The molecular weight excluding hydrogens is 288 g/mol. The fourth-order valence-corrected chi connectivity index (χ4v) is 5.50. The maximum absolute atomic E-state index is 12.2. The summed E-state index contributed by atoms with van der Waals surface area (Å²) in [4.78, 5) is 0. The monoisotopic (exact) mass is 310 g/mol. The fraction of sp³-hybridized carbons (Fsp3) is 1.00. The Bertz CT molecular complexity index is 305. The summed E-state index contributed by atoms with van der Waals surface area (Å²) in [5.41, 5.74) is 0.0144. The second kappa shape index (κ2) is 5.85. The van der Waals surface area contributed by atoms with Crippen molar-refractivity contribution in [3.63, 3.8) is 0 Å². The third-order valence-corrected chi connectivity index (χ3v) is 7.66. The summed E-state index contributed by atoms with van der Waals surface area (Å²) in [7, 11) is -2.91. The summed E-state index contributed by atoms with van der Waals surface area (Å²) >= 11 is 3.53.